The first-order chi connectivity index (χ1) is 15.5. The van der Waals surface area contributed by atoms with E-state index in [1.807, 2.05) is 69.4 Å². The lowest BCUT2D eigenvalue weighted by molar-refractivity contribution is 0.287. The summed E-state index contributed by atoms with van der Waals surface area (Å²) in [5.41, 5.74) is 2.87. The number of rotatable bonds is 7. The third-order valence-corrected chi connectivity index (χ3v) is 5.77. The minimum Gasteiger partial charge on any atom is -0.477 e. The second kappa shape index (κ2) is 9.76. The molecule has 1 aliphatic heterocycles. The van der Waals surface area contributed by atoms with Crippen molar-refractivity contribution >= 4 is 29.0 Å². The molecule has 4 rings (SSSR count). The van der Waals surface area contributed by atoms with Crippen LogP contribution in [0.5, 0.6) is 11.9 Å². The van der Waals surface area contributed by atoms with Crippen LogP contribution >= 0.6 is 23.2 Å². The van der Waals surface area contributed by atoms with Gasteiger partial charge in [-0.1, -0.05) is 47.5 Å². The Morgan fingerprint density at radius 3 is 2.06 bits per heavy atom. The molecule has 2 heterocycles. The van der Waals surface area contributed by atoms with Gasteiger partial charge in [-0.3, -0.25) is 4.99 Å². The molecule has 0 spiro atoms. The molecule has 0 N–H and O–H groups in total. The molecule has 2 aromatic carbocycles. The van der Waals surface area contributed by atoms with Gasteiger partial charge in [-0.25, -0.2) is 4.98 Å². The number of aromatic nitrogens is 2. The van der Waals surface area contributed by atoms with Crippen LogP contribution in [0.4, 0.5) is 0 Å². The highest BCUT2D eigenvalue weighted by molar-refractivity contribution is 6.30. The van der Waals surface area contributed by atoms with Crippen LogP contribution in [0.15, 0.2) is 59.7 Å². The molecule has 1 aromatic heterocycles. The Morgan fingerprint density at radius 1 is 0.875 bits per heavy atom. The molecular weight excluding hydrogens is 447 g/mol. The second-order valence-electron chi connectivity index (χ2n) is 7.29. The molecule has 8 heteroatoms. The van der Waals surface area contributed by atoms with Gasteiger partial charge in [0.1, 0.15) is 11.9 Å². The van der Waals surface area contributed by atoms with Crippen molar-refractivity contribution in [2.75, 3.05) is 20.3 Å². The fourth-order valence-electron chi connectivity index (χ4n) is 3.83. The molecule has 2 unspecified atom stereocenters. The Kier molecular flexibility index (Phi) is 6.82. The lowest BCUT2D eigenvalue weighted by Gasteiger charge is -2.28. The van der Waals surface area contributed by atoms with E-state index in [9.17, 15) is 0 Å². The minimum absolute atomic E-state index is 0.0514. The van der Waals surface area contributed by atoms with Gasteiger partial charge in [0.15, 0.2) is 0 Å². The summed E-state index contributed by atoms with van der Waals surface area (Å²) in [4.78, 5) is 16.0. The molecule has 2 atom stereocenters. The molecule has 0 saturated carbocycles. The SMILES string of the molecule is CCOc1ncc(C2=NC(c3ccc(Cl)cc3)C(c3ccc(Cl)cc3)N2C)c(OCC)n1. The largest absolute Gasteiger partial charge is 0.477 e. The number of hydrogen-bond donors (Lipinski definition) is 0. The van der Waals surface area contributed by atoms with E-state index < -0.39 is 0 Å². The van der Waals surface area contributed by atoms with Gasteiger partial charge in [-0.2, -0.15) is 4.98 Å². The average molecular weight is 471 g/mol. The number of amidine groups is 1. The van der Waals surface area contributed by atoms with Crippen molar-refractivity contribution in [2.45, 2.75) is 25.9 Å². The molecule has 0 bridgehead atoms. The zero-order chi connectivity index (χ0) is 22.7. The van der Waals surface area contributed by atoms with Crippen molar-refractivity contribution in [2.24, 2.45) is 4.99 Å². The van der Waals surface area contributed by atoms with Crippen LogP contribution in [0, 0.1) is 0 Å². The van der Waals surface area contributed by atoms with Crippen LogP contribution in [0.1, 0.15) is 42.6 Å². The molecule has 0 radical (unpaired) electrons. The molecule has 0 saturated heterocycles. The van der Waals surface area contributed by atoms with Crippen LogP contribution in [0.2, 0.25) is 10.0 Å². The first kappa shape index (κ1) is 22.4. The fraction of sp³-hybridized carbons (Fsp3) is 0.292. The van der Waals surface area contributed by atoms with Gasteiger partial charge in [0.05, 0.1) is 24.8 Å². The molecule has 6 nitrogen and oxygen atoms in total. The molecule has 0 aliphatic carbocycles. The van der Waals surface area contributed by atoms with Gasteiger partial charge in [-0.15, -0.1) is 0 Å². The van der Waals surface area contributed by atoms with Crippen LogP contribution in [0.25, 0.3) is 0 Å². The van der Waals surface area contributed by atoms with Gasteiger partial charge in [0.2, 0.25) is 5.88 Å². The van der Waals surface area contributed by atoms with E-state index in [1.54, 1.807) is 6.20 Å². The van der Waals surface area contributed by atoms with Crippen LogP contribution in [-0.2, 0) is 0 Å². The van der Waals surface area contributed by atoms with Gasteiger partial charge in [0.25, 0.3) is 0 Å². The van der Waals surface area contributed by atoms with Gasteiger partial charge >= 0.3 is 6.01 Å². The highest BCUT2D eigenvalue weighted by Gasteiger charge is 2.38. The van der Waals surface area contributed by atoms with Gasteiger partial charge < -0.3 is 14.4 Å². The van der Waals surface area contributed by atoms with E-state index in [0.29, 0.717) is 34.7 Å². The Hall–Kier alpha value is -2.83. The number of aliphatic imine (C=N–C) groups is 1. The summed E-state index contributed by atoms with van der Waals surface area (Å²) in [7, 11) is 2.01. The summed E-state index contributed by atoms with van der Waals surface area (Å²) >= 11 is 12.3. The standard InChI is InChI=1S/C24H24Cl2N4O2/c1-4-31-23-19(14-27-24(29-23)32-5-2)22-28-20(15-6-10-17(25)11-7-15)21(30(22)3)16-8-12-18(26)13-9-16/h6-14,20-21H,4-5H2,1-3H3. The predicted octanol–water partition coefficient (Wildman–Crippen LogP) is 5.76. The summed E-state index contributed by atoms with van der Waals surface area (Å²) in [6.07, 6.45) is 1.71. The van der Waals surface area contributed by atoms with E-state index in [1.165, 1.54) is 0 Å². The monoisotopic (exact) mass is 470 g/mol. The Balaban J connectivity index is 1.81. The molecular formula is C24H24Cl2N4O2. The number of hydrogen-bond acceptors (Lipinski definition) is 6. The fourth-order valence-corrected chi connectivity index (χ4v) is 4.08. The Labute approximate surface area is 197 Å². The lowest BCUT2D eigenvalue weighted by Crippen LogP contribution is -2.29. The smallest absolute Gasteiger partial charge is 0.319 e. The lowest BCUT2D eigenvalue weighted by atomic mass is 9.94. The third-order valence-electron chi connectivity index (χ3n) is 5.26. The van der Waals surface area contributed by atoms with Crippen molar-refractivity contribution < 1.29 is 9.47 Å². The van der Waals surface area contributed by atoms with E-state index >= 15 is 0 Å². The van der Waals surface area contributed by atoms with Gasteiger partial charge in [0, 0.05) is 23.3 Å². The highest BCUT2D eigenvalue weighted by atomic mass is 35.5. The first-order valence-electron chi connectivity index (χ1n) is 10.5. The van der Waals surface area contributed by atoms with Crippen LogP contribution < -0.4 is 9.47 Å². The van der Waals surface area contributed by atoms with Gasteiger partial charge in [-0.05, 0) is 49.2 Å². The van der Waals surface area contributed by atoms with Crippen molar-refractivity contribution in [1.29, 1.82) is 0 Å². The predicted molar refractivity (Wildman–Crippen MR) is 127 cm³/mol. The number of ether oxygens (including phenoxy) is 2. The van der Waals surface area contributed by atoms with E-state index in [-0.39, 0.29) is 18.1 Å². The maximum absolute atomic E-state index is 6.14. The van der Waals surface area contributed by atoms with Crippen molar-refractivity contribution in [3.63, 3.8) is 0 Å². The second-order valence-corrected chi connectivity index (χ2v) is 8.17. The average Bonchev–Trinajstić information content (AvgIpc) is 3.12. The maximum Gasteiger partial charge on any atom is 0.319 e. The summed E-state index contributed by atoms with van der Waals surface area (Å²) in [5.74, 6) is 1.19. The molecule has 3 aromatic rings. The van der Waals surface area contributed by atoms with E-state index in [2.05, 4.69) is 14.9 Å². The van der Waals surface area contributed by atoms with Crippen molar-refractivity contribution in [3.8, 4) is 11.9 Å². The number of halogens is 2. The first-order valence-corrected chi connectivity index (χ1v) is 11.2. The topological polar surface area (TPSA) is 59.8 Å². The molecule has 1 aliphatic rings. The van der Waals surface area contributed by atoms with Crippen molar-refractivity contribution in [3.05, 3.63) is 81.5 Å². The summed E-state index contributed by atoms with van der Waals surface area (Å²) in [6.45, 7) is 4.75. The molecule has 32 heavy (non-hydrogen) atoms. The highest BCUT2D eigenvalue weighted by Crippen LogP contribution is 2.43. The minimum atomic E-state index is -0.158. The Bertz CT molecular complexity index is 1100. The van der Waals surface area contributed by atoms with Crippen LogP contribution in [0.3, 0.4) is 0 Å². The number of benzene rings is 2. The molecule has 0 fully saturated rings. The zero-order valence-corrected chi connectivity index (χ0v) is 19.6. The molecule has 0 amide bonds. The Morgan fingerprint density at radius 2 is 1.47 bits per heavy atom. The third kappa shape index (κ3) is 4.52. The van der Waals surface area contributed by atoms with E-state index in [0.717, 1.165) is 17.0 Å². The van der Waals surface area contributed by atoms with Crippen molar-refractivity contribution in [1.82, 2.24) is 14.9 Å². The maximum atomic E-state index is 6.14. The number of nitrogens with zero attached hydrogens (tertiary/aromatic N) is 4. The molecule has 166 valence electrons. The van der Waals surface area contributed by atoms with Crippen LogP contribution in [-0.4, -0.2) is 41.0 Å². The van der Waals surface area contributed by atoms with E-state index in [4.69, 9.17) is 37.7 Å². The number of likely N-dealkylation sites (N-methyl/N-ethyl adjacent to an activating group) is 1. The normalized spacial score (nSPS) is 17.9. The summed E-state index contributed by atoms with van der Waals surface area (Å²) in [5, 5.41) is 1.38. The quantitative estimate of drug-likeness (QED) is 0.439. The summed E-state index contributed by atoms with van der Waals surface area (Å²) in [6, 6.07) is 15.7. The zero-order valence-electron chi connectivity index (χ0n) is 18.1. The summed E-state index contributed by atoms with van der Waals surface area (Å²) < 4.78 is 11.3.